The molecule has 0 saturated carbocycles. The summed E-state index contributed by atoms with van der Waals surface area (Å²) in [6.45, 7) is 6.33. The Kier molecular flexibility index (Phi) is 4.08. The Labute approximate surface area is 115 Å². The van der Waals surface area contributed by atoms with E-state index in [1.54, 1.807) is 0 Å². The van der Waals surface area contributed by atoms with Crippen molar-refractivity contribution < 1.29 is 9.53 Å². The van der Waals surface area contributed by atoms with Crippen LogP contribution in [0.2, 0.25) is 0 Å². The summed E-state index contributed by atoms with van der Waals surface area (Å²) in [4.78, 5) is 11.8. The zero-order valence-corrected chi connectivity index (χ0v) is 12.2. The molecular formula is C17H22O2. The van der Waals surface area contributed by atoms with Crippen LogP contribution in [0.5, 0.6) is 0 Å². The van der Waals surface area contributed by atoms with E-state index in [1.165, 1.54) is 34.9 Å². The number of ether oxygens (including phenoxy) is 1. The zero-order chi connectivity index (χ0) is 14.0. The van der Waals surface area contributed by atoms with E-state index in [2.05, 4.69) is 32.1 Å². The highest BCUT2D eigenvalue weighted by Gasteiger charge is 2.24. The number of hydrogen-bond donors (Lipinski definition) is 0. The van der Waals surface area contributed by atoms with Crippen molar-refractivity contribution in [3.8, 4) is 0 Å². The molecule has 0 spiro atoms. The molecule has 2 rings (SSSR count). The Balaban J connectivity index is 2.37. The van der Waals surface area contributed by atoms with Crippen molar-refractivity contribution >= 4 is 12.0 Å². The SMILES string of the molecule is CCC(C(=O)OC)C1=Cc2cc(C)c(C)cc2CC1. The van der Waals surface area contributed by atoms with Gasteiger partial charge in [-0.2, -0.15) is 0 Å². The lowest BCUT2D eigenvalue weighted by Gasteiger charge is -2.22. The molecule has 1 aromatic rings. The van der Waals surface area contributed by atoms with Gasteiger partial charge in [0.15, 0.2) is 0 Å². The summed E-state index contributed by atoms with van der Waals surface area (Å²) in [5.41, 5.74) is 6.53. The van der Waals surface area contributed by atoms with Crippen LogP contribution >= 0.6 is 0 Å². The lowest BCUT2D eigenvalue weighted by atomic mass is 9.83. The van der Waals surface area contributed by atoms with Crippen molar-refractivity contribution in [2.75, 3.05) is 7.11 Å². The zero-order valence-electron chi connectivity index (χ0n) is 12.2. The topological polar surface area (TPSA) is 26.3 Å². The number of rotatable bonds is 3. The van der Waals surface area contributed by atoms with Gasteiger partial charge in [0.05, 0.1) is 13.0 Å². The van der Waals surface area contributed by atoms with Crippen LogP contribution in [0, 0.1) is 19.8 Å². The maximum absolute atomic E-state index is 11.8. The standard InChI is InChI=1S/C17H22O2/c1-5-16(17(18)19-4)14-7-6-13-8-11(2)12(3)9-15(13)10-14/h8-10,16H,5-7H2,1-4H3. The quantitative estimate of drug-likeness (QED) is 0.770. The third-order valence-corrected chi connectivity index (χ3v) is 4.12. The molecular weight excluding hydrogens is 236 g/mol. The molecule has 1 aromatic carbocycles. The average Bonchev–Trinajstić information content (AvgIpc) is 2.41. The average molecular weight is 258 g/mol. The van der Waals surface area contributed by atoms with E-state index < -0.39 is 0 Å². The highest BCUT2D eigenvalue weighted by atomic mass is 16.5. The van der Waals surface area contributed by atoms with Crippen molar-refractivity contribution in [3.63, 3.8) is 0 Å². The summed E-state index contributed by atoms with van der Waals surface area (Å²) < 4.78 is 4.91. The molecule has 0 radical (unpaired) electrons. The van der Waals surface area contributed by atoms with Crippen LogP contribution in [0.3, 0.4) is 0 Å². The smallest absolute Gasteiger partial charge is 0.312 e. The second-order valence-electron chi connectivity index (χ2n) is 5.34. The van der Waals surface area contributed by atoms with Crippen LogP contribution in [0.25, 0.3) is 6.08 Å². The summed E-state index contributed by atoms with van der Waals surface area (Å²) in [5.74, 6) is -0.194. The number of hydrogen-bond acceptors (Lipinski definition) is 2. The number of carbonyl (C=O) groups is 1. The highest BCUT2D eigenvalue weighted by Crippen LogP contribution is 2.31. The summed E-state index contributed by atoms with van der Waals surface area (Å²) >= 11 is 0. The fraction of sp³-hybridized carbons (Fsp3) is 0.471. The molecule has 0 heterocycles. The van der Waals surface area contributed by atoms with Crippen molar-refractivity contribution in [1.82, 2.24) is 0 Å². The number of carbonyl (C=O) groups excluding carboxylic acids is 1. The molecule has 0 aliphatic heterocycles. The van der Waals surface area contributed by atoms with Gasteiger partial charge in [0.1, 0.15) is 0 Å². The van der Waals surface area contributed by atoms with E-state index in [4.69, 9.17) is 4.74 Å². The molecule has 19 heavy (non-hydrogen) atoms. The minimum absolute atomic E-state index is 0.0836. The predicted octanol–water partition coefficient (Wildman–Crippen LogP) is 3.83. The largest absolute Gasteiger partial charge is 0.469 e. The van der Waals surface area contributed by atoms with Gasteiger partial charge in [-0.1, -0.05) is 30.7 Å². The molecule has 1 atom stereocenters. The first-order chi connectivity index (χ1) is 9.06. The van der Waals surface area contributed by atoms with Gasteiger partial charge >= 0.3 is 5.97 Å². The summed E-state index contributed by atoms with van der Waals surface area (Å²) in [6.07, 6.45) is 4.98. The van der Waals surface area contributed by atoms with Gasteiger partial charge in [-0.3, -0.25) is 4.79 Å². The molecule has 1 aliphatic rings. The molecule has 0 saturated heterocycles. The molecule has 0 fully saturated rings. The van der Waals surface area contributed by atoms with Gasteiger partial charge in [0, 0.05) is 0 Å². The number of benzene rings is 1. The Hall–Kier alpha value is -1.57. The van der Waals surface area contributed by atoms with E-state index in [-0.39, 0.29) is 11.9 Å². The predicted molar refractivity (Wildman–Crippen MR) is 78.0 cm³/mol. The van der Waals surface area contributed by atoms with Gasteiger partial charge in [0.2, 0.25) is 0 Å². The molecule has 1 unspecified atom stereocenters. The Morgan fingerprint density at radius 2 is 1.95 bits per heavy atom. The van der Waals surface area contributed by atoms with Crippen LogP contribution in [0.1, 0.15) is 42.0 Å². The maximum atomic E-state index is 11.8. The van der Waals surface area contributed by atoms with Crippen LogP contribution in [0.4, 0.5) is 0 Å². The third kappa shape index (κ3) is 2.73. The molecule has 102 valence electrons. The number of fused-ring (bicyclic) bond motifs is 1. The second-order valence-corrected chi connectivity index (χ2v) is 5.34. The summed E-state index contributed by atoms with van der Waals surface area (Å²) in [7, 11) is 1.47. The first-order valence-corrected chi connectivity index (χ1v) is 6.95. The van der Waals surface area contributed by atoms with Gasteiger partial charge in [-0.05, 0) is 55.4 Å². The van der Waals surface area contributed by atoms with Gasteiger partial charge in [0.25, 0.3) is 0 Å². The van der Waals surface area contributed by atoms with Crippen molar-refractivity contribution in [1.29, 1.82) is 0 Å². The molecule has 0 N–H and O–H groups in total. The molecule has 2 nitrogen and oxygen atoms in total. The first-order valence-electron chi connectivity index (χ1n) is 6.95. The molecule has 0 aromatic heterocycles. The summed E-state index contributed by atoms with van der Waals surface area (Å²) in [6, 6.07) is 4.50. The van der Waals surface area contributed by atoms with Crippen LogP contribution in [-0.2, 0) is 16.0 Å². The van der Waals surface area contributed by atoms with E-state index in [9.17, 15) is 4.79 Å². The monoisotopic (exact) mass is 258 g/mol. The maximum Gasteiger partial charge on any atom is 0.312 e. The lowest BCUT2D eigenvalue weighted by molar-refractivity contribution is -0.144. The fourth-order valence-corrected chi connectivity index (χ4v) is 2.80. The minimum Gasteiger partial charge on any atom is -0.469 e. The van der Waals surface area contributed by atoms with Crippen molar-refractivity contribution in [2.45, 2.75) is 40.0 Å². The molecule has 0 amide bonds. The van der Waals surface area contributed by atoms with Gasteiger partial charge < -0.3 is 4.74 Å². The van der Waals surface area contributed by atoms with Gasteiger partial charge in [-0.25, -0.2) is 0 Å². The number of methoxy groups -OCH3 is 1. The lowest BCUT2D eigenvalue weighted by Crippen LogP contribution is -2.19. The normalized spacial score (nSPS) is 15.5. The van der Waals surface area contributed by atoms with Crippen molar-refractivity contribution in [2.24, 2.45) is 5.92 Å². The Morgan fingerprint density at radius 3 is 2.58 bits per heavy atom. The number of esters is 1. The minimum atomic E-state index is -0.110. The molecule has 2 heteroatoms. The van der Waals surface area contributed by atoms with E-state index in [1.807, 2.05) is 6.92 Å². The third-order valence-electron chi connectivity index (χ3n) is 4.12. The molecule has 0 bridgehead atoms. The fourth-order valence-electron chi connectivity index (χ4n) is 2.80. The Morgan fingerprint density at radius 1 is 1.26 bits per heavy atom. The van der Waals surface area contributed by atoms with Gasteiger partial charge in [-0.15, -0.1) is 0 Å². The highest BCUT2D eigenvalue weighted by molar-refractivity contribution is 5.78. The second kappa shape index (κ2) is 5.60. The number of aryl methyl sites for hydroxylation is 3. The van der Waals surface area contributed by atoms with E-state index in [0.29, 0.717) is 0 Å². The van der Waals surface area contributed by atoms with E-state index >= 15 is 0 Å². The first kappa shape index (κ1) is 13.9. The van der Waals surface area contributed by atoms with Crippen molar-refractivity contribution in [3.05, 3.63) is 40.0 Å². The van der Waals surface area contributed by atoms with Crippen LogP contribution in [-0.4, -0.2) is 13.1 Å². The summed E-state index contributed by atoms with van der Waals surface area (Å²) in [5, 5.41) is 0. The van der Waals surface area contributed by atoms with Crippen LogP contribution in [0.15, 0.2) is 17.7 Å². The van der Waals surface area contributed by atoms with Crippen LogP contribution < -0.4 is 0 Å². The van der Waals surface area contributed by atoms with E-state index in [0.717, 1.165) is 19.3 Å². The Bertz CT molecular complexity index is 526. The molecule has 1 aliphatic carbocycles.